The van der Waals surface area contributed by atoms with Crippen LogP contribution in [0, 0.1) is 17.7 Å². The maximum Gasteiger partial charge on any atom is 0.227 e. The van der Waals surface area contributed by atoms with Crippen molar-refractivity contribution in [2.24, 2.45) is 17.6 Å². The third-order valence-corrected chi connectivity index (χ3v) is 4.42. The van der Waals surface area contributed by atoms with Crippen molar-refractivity contribution in [2.75, 3.05) is 11.9 Å². The standard InChI is InChI=1S/C14H18BrFN2O/c15-11-6-3-7-12(16)13(11)18-14(19)10-5-2-1-4-9(10)8-17/h3,6-7,9-10H,1-2,4-5,8,17H2,(H,18,19). The lowest BCUT2D eigenvalue weighted by molar-refractivity contribution is -0.122. The molecule has 104 valence electrons. The van der Waals surface area contributed by atoms with Crippen LogP contribution in [0.1, 0.15) is 25.7 Å². The van der Waals surface area contributed by atoms with Gasteiger partial charge in [0.05, 0.1) is 5.69 Å². The lowest BCUT2D eigenvalue weighted by atomic mass is 9.78. The van der Waals surface area contributed by atoms with Crippen LogP contribution in [0.15, 0.2) is 22.7 Å². The Labute approximate surface area is 120 Å². The number of benzene rings is 1. The van der Waals surface area contributed by atoms with Gasteiger partial charge < -0.3 is 11.1 Å². The Bertz CT molecular complexity index is 447. The smallest absolute Gasteiger partial charge is 0.227 e. The summed E-state index contributed by atoms with van der Waals surface area (Å²) in [7, 11) is 0. The molecule has 1 fully saturated rings. The molecule has 0 bridgehead atoms. The van der Waals surface area contributed by atoms with Crippen molar-refractivity contribution in [3.8, 4) is 0 Å². The zero-order valence-electron chi connectivity index (χ0n) is 10.7. The highest BCUT2D eigenvalue weighted by molar-refractivity contribution is 9.10. The Hall–Kier alpha value is -0.940. The topological polar surface area (TPSA) is 55.1 Å². The van der Waals surface area contributed by atoms with Gasteiger partial charge in [0, 0.05) is 10.4 Å². The Morgan fingerprint density at radius 2 is 2.16 bits per heavy atom. The van der Waals surface area contributed by atoms with Crippen LogP contribution in [0.3, 0.4) is 0 Å². The Morgan fingerprint density at radius 3 is 2.84 bits per heavy atom. The van der Waals surface area contributed by atoms with Crippen molar-refractivity contribution < 1.29 is 9.18 Å². The summed E-state index contributed by atoms with van der Waals surface area (Å²) in [6, 6.07) is 4.64. The fourth-order valence-electron chi connectivity index (χ4n) is 2.67. The minimum atomic E-state index is -0.428. The third kappa shape index (κ3) is 3.34. The molecule has 1 saturated carbocycles. The van der Waals surface area contributed by atoms with Gasteiger partial charge in [0.15, 0.2) is 0 Å². The maximum atomic E-state index is 13.7. The second-order valence-electron chi connectivity index (χ2n) is 4.97. The molecule has 19 heavy (non-hydrogen) atoms. The predicted molar refractivity (Wildman–Crippen MR) is 77.2 cm³/mol. The third-order valence-electron chi connectivity index (χ3n) is 3.76. The van der Waals surface area contributed by atoms with Gasteiger partial charge >= 0.3 is 0 Å². The van der Waals surface area contributed by atoms with E-state index >= 15 is 0 Å². The SMILES string of the molecule is NCC1CCCCC1C(=O)Nc1c(F)cccc1Br. The van der Waals surface area contributed by atoms with E-state index in [0.717, 1.165) is 25.7 Å². The zero-order chi connectivity index (χ0) is 13.8. The van der Waals surface area contributed by atoms with Crippen molar-refractivity contribution in [3.05, 3.63) is 28.5 Å². The van der Waals surface area contributed by atoms with E-state index in [9.17, 15) is 9.18 Å². The quantitative estimate of drug-likeness (QED) is 0.894. The molecule has 0 radical (unpaired) electrons. The molecular formula is C14H18BrFN2O. The molecule has 1 aliphatic carbocycles. The molecule has 0 aromatic heterocycles. The van der Waals surface area contributed by atoms with E-state index in [-0.39, 0.29) is 23.4 Å². The second-order valence-corrected chi connectivity index (χ2v) is 5.83. The zero-order valence-corrected chi connectivity index (χ0v) is 12.2. The monoisotopic (exact) mass is 328 g/mol. The summed E-state index contributed by atoms with van der Waals surface area (Å²) >= 11 is 3.25. The number of halogens is 2. The summed E-state index contributed by atoms with van der Waals surface area (Å²) in [5.74, 6) is -0.451. The van der Waals surface area contributed by atoms with Gasteiger partial charge in [0.2, 0.25) is 5.91 Å². The highest BCUT2D eigenvalue weighted by atomic mass is 79.9. The van der Waals surface area contributed by atoms with Gasteiger partial charge in [0.1, 0.15) is 5.82 Å². The van der Waals surface area contributed by atoms with Gasteiger partial charge in [-0.25, -0.2) is 4.39 Å². The Kier molecular flexibility index (Phi) is 4.93. The predicted octanol–water partition coefficient (Wildman–Crippen LogP) is 3.29. The Balaban J connectivity index is 2.12. The minimum absolute atomic E-state index is 0.106. The summed E-state index contributed by atoms with van der Waals surface area (Å²) in [5, 5.41) is 2.70. The van der Waals surface area contributed by atoms with Crippen molar-refractivity contribution in [2.45, 2.75) is 25.7 Å². The number of carbonyl (C=O) groups is 1. The van der Waals surface area contributed by atoms with Crippen molar-refractivity contribution in [1.29, 1.82) is 0 Å². The first-order valence-corrected chi connectivity index (χ1v) is 7.37. The lowest BCUT2D eigenvalue weighted by Gasteiger charge is -2.29. The average Bonchev–Trinajstić information content (AvgIpc) is 2.42. The van der Waals surface area contributed by atoms with E-state index in [2.05, 4.69) is 21.2 Å². The van der Waals surface area contributed by atoms with Crippen LogP contribution in [0.5, 0.6) is 0 Å². The van der Waals surface area contributed by atoms with Crippen molar-refractivity contribution in [1.82, 2.24) is 0 Å². The van der Waals surface area contributed by atoms with E-state index in [1.165, 1.54) is 6.07 Å². The number of rotatable bonds is 3. The fraction of sp³-hybridized carbons (Fsp3) is 0.500. The average molecular weight is 329 g/mol. The van der Waals surface area contributed by atoms with Crippen LogP contribution >= 0.6 is 15.9 Å². The molecule has 5 heteroatoms. The maximum absolute atomic E-state index is 13.7. The molecule has 3 nitrogen and oxygen atoms in total. The Morgan fingerprint density at radius 1 is 1.42 bits per heavy atom. The number of hydrogen-bond acceptors (Lipinski definition) is 2. The number of nitrogens with two attached hydrogens (primary N) is 1. The number of nitrogens with one attached hydrogen (secondary N) is 1. The summed E-state index contributed by atoms with van der Waals surface area (Å²) < 4.78 is 14.2. The molecule has 1 aromatic rings. The first kappa shape index (κ1) is 14.5. The van der Waals surface area contributed by atoms with Gasteiger partial charge in [-0.3, -0.25) is 4.79 Å². The molecule has 1 amide bonds. The van der Waals surface area contributed by atoms with Crippen LogP contribution in [0.2, 0.25) is 0 Å². The summed E-state index contributed by atoms with van der Waals surface area (Å²) in [6.45, 7) is 0.510. The molecule has 2 rings (SSSR count). The molecule has 0 aliphatic heterocycles. The van der Waals surface area contributed by atoms with Crippen molar-refractivity contribution >= 4 is 27.5 Å². The van der Waals surface area contributed by atoms with Gasteiger partial charge in [-0.2, -0.15) is 0 Å². The number of amides is 1. The molecule has 0 spiro atoms. The van der Waals surface area contributed by atoms with Crippen LogP contribution in [0.4, 0.5) is 10.1 Å². The summed E-state index contributed by atoms with van der Waals surface area (Å²) in [5.41, 5.74) is 5.94. The first-order valence-electron chi connectivity index (χ1n) is 6.58. The highest BCUT2D eigenvalue weighted by Crippen LogP contribution is 2.32. The van der Waals surface area contributed by atoms with Crippen molar-refractivity contribution in [3.63, 3.8) is 0 Å². The molecule has 2 atom stereocenters. The van der Waals surface area contributed by atoms with E-state index in [1.54, 1.807) is 12.1 Å². The van der Waals surface area contributed by atoms with Gasteiger partial charge in [-0.05, 0) is 53.4 Å². The summed E-state index contributed by atoms with van der Waals surface area (Å²) in [4.78, 5) is 12.3. The molecule has 1 aliphatic rings. The number of hydrogen-bond donors (Lipinski definition) is 2. The largest absolute Gasteiger partial charge is 0.330 e. The second kappa shape index (κ2) is 6.48. The molecule has 1 aromatic carbocycles. The molecule has 0 saturated heterocycles. The van der Waals surface area contributed by atoms with E-state index in [0.29, 0.717) is 11.0 Å². The molecular weight excluding hydrogens is 311 g/mol. The van der Waals surface area contributed by atoms with Crippen LogP contribution < -0.4 is 11.1 Å². The van der Waals surface area contributed by atoms with Crippen LogP contribution in [0.25, 0.3) is 0 Å². The fourth-order valence-corrected chi connectivity index (χ4v) is 3.11. The number of anilines is 1. The van der Waals surface area contributed by atoms with E-state index in [1.807, 2.05) is 0 Å². The number of carbonyl (C=O) groups excluding carboxylic acids is 1. The minimum Gasteiger partial charge on any atom is -0.330 e. The number of para-hydroxylation sites is 1. The van der Waals surface area contributed by atoms with E-state index in [4.69, 9.17) is 5.73 Å². The first-order chi connectivity index (χ1) is 9.13. The van der Waals surface area contributed by atoms with Gasteiger partial charge in [-0.1, -0.05) is 18.9 Å². The van der Waals surface area contributed by atoms with Crippen LogP contribution in [-0.4, -0.2) is 12.5 Å². The normalized spacial score (nSPS) is 23.1. The lowest BCUT2D eigenvalue weighted by Crippen LogP contribution is -2.35. The summed E-state index contributed by atoms with van der Waals surface area (Å²) in [6.07, 6.45) is 3.97. The van der Waals surface area contributed by atoms with Crippen LogP contribution in [-0.2, 0) is 4.79 Å². The molecule has 3 N–H and O–H groups in total. The highest BCUT2D eigenvalue weighted by Gasteiger charge is 2.30. The molecule has 0 heterocycles. The van der Waals surface area contributed by atoms with Gasteiger partial charge in [0.25, 0.3) is 0 Å². The molecule has 2 unspecified atom stereocenters. The van der Waals surface area contributed by atoms with Gasteiger partial charge in [-0.15, -0.1) is 0 Å². The van der Waals surface area contributed by atoms with E-state index < -0.39 is 5.82 Å².